The number of likely N-dealkylation sites (N-methyl/N-ethyl adjacent to an activating group) is 1. The van der Waals surface area contributed by atoms with E-state index in [2.05, 4.69) is 61.2 Å². The average molecular weight is 473 g/mol. The molecule has 0 bridgehead atoms. The Morgan fingerprint density at radius 1 is 1.09 bits per heavy atom. The van der Waals surface area contributed by atoms with Crippen LogP contribution >= 0.6 is 0 Å². The average Bonchev–Trinajstić information content (AvgIpc) is 3.08. The minimum absolute atomic E-state index is 0.174. The molecule has 2 aromatic carbocycles. The zero-order valence-corrected chi connectivity index (χ0v) is 20.6. The van der Waals surface area contributed by atoms with Gasteiger partial charge in [-0.05, 0) is 74.5 Å². The Balaban J connectivity index is 1.35. The summed E-state index contributed by atoms with van der Waals surface area (Å²) in [6, 6.07) is 13.6. The van der Waals surface area contributed by atoms with Crippen LogP contribution in [0.3, 0.4) is 0 Å². The lowest BCUT2D eigenvalue weighted by Gasteiger charge is -2.29. The molecule has 2 N–H and O–H groups in total. The Morgan fingerprint density at radius 2 is 1.89 bits per heavy atom. The Hall–Kier alpha value is -3.71. The molecule has 1 unspecified atom stereocenters. The molecule has 2 aliphatic rings. The lowest BCUT2D eigenvalue weighted by Crippen LogP contribution is -2.52. The number of hydrogen-bond acceptors (Lipinski definition) is 5. The van der Waals surface area contributed by atoms with Crippen LogP contribution in [0, 0.1) is 13.8 Å². The van der Waals surface area contributed by atoms with Crippen molar-refractivity contribution in [2.75, 3.05) is 18.9 Å². The first-order valence-electron chi connectivity index (χ1n) is 11.9. The van der Waals surface area contributed by atoms with Crippen molar-refractivity contribution in [3.63, 3.8) is 0 Å². The van der Waals surface area contributed by atoms with Crippen LogP contribution in [0.4, 0.5) is 5.69 Å². The fraction of sp³-hybridized carbons (Fsp3) is 0.321. The number of nitrogens with one attached hydrogen (secondary N) is 2. The fourth-order valence-corrected chi connectivity index (χ4v) is 4.45. The molecule has 1 atom stereocenters. The van der Waals surface area contributed by atoms with E-state index in [-0.39, 0.29) is 11.6 Å². The molecule has 0 aromatic heterocycles. The summed E-state index contributed by atoms with van der Waals surface area (Å²) in [5.74, 6) is -1.34. The summed E-state index contributed by atoms with van der Waals surface area (Å²) in [5, 5.41) is 5.71. The van der Waals surface area contributed by atoms with Gasteiger partial charge in [-0.1, -0.05) is 36.9 Å². The number of benzene rings is 2. The van der Waals surface area contributed by atoms with Crippen LogP contribution in [0.2, 0.25) is 0 Å². The SMILES string of the molecule is C=C1CCC(N2C(=O)C=C(Nc3cccc(CN(C)CCc4ccc(C)c(C)c4)c3)C2=O)C(=O)N1. The molecule has 0 radical (unpaired) electrons. The van der Waals surface area contributed by atoms with Crippen LogP contribution in [0.1, 0.15) is 35.1 Å². The second kappa shape index (κ2) is 10.3. The van der Waals surface area contributed by atoms with Gasteiger partial charge in [0.15, 0.2) is 0 Å². The molecular formula is C28H32N4O3. The van der Waals surface area contributed by atoms with Gasteiger partial charge in [-0.3, -0.25) is 19.3 Å². The summed E-state index contributed by atoms with van der Waals surface area (Å²) in [7, 11) is 2.09. The van der Waals surface area contributed by atoms with Crippen molar-refractivity contribution in [1.82, 2.24) is 15.1 Å². The number of imide groups is 1. The number of allylic oxidation sites excluding steroid dienone is 1. The minimum Gasteiger partial charge on any atom is -0.351 e. The van der Waals surface area contributed by atoms with Crippen LogP contribution in [-0.2, 0) is 27.3 Å². The number of hydrogen-bond donors (Lipinski definition) is 2. The monoisotopic (exact) mass is 472 g/mol. The van der Waals surface area contributed by atoms with Crippen molar-refractivity contribution in [1.29, 1.82) is 0 Å². The van der Waals surface area contributed by atoms with E-state index in [1.165, 1.54) is 22.8 Å². The van der Waals surface area contributed by atoms with Crippen LogP contribution < -0.4 is 10.6 Å². The van der Waals surface area contributed by atoms with Gasteiger partial charge in [-0.15, -0.1) is 0 Å². The van der Waals surface area contributed by atoms with E-state index < -0.39 is 17.9 Å². The quantitative estimate of drug-likeness (QED) is 0.576. The molecule has 35 heavy (non-hydrogen) atoms. The maximum Gasteiger partial charge on any atom is 0.278 e. The molecule has 7 nitrogen and oxygen atoms in total. The zero-order valence-electron chi connectivity index (χ0n) is 20.6. The third kappa shape index (κ3) is 5.69. The highest BCUT2D eigenvalue weighted by molar-refractivity contribution is 6.19. The van der Waals surface area contributed by atoms with Crippen LogP contribution in [0.25, 0.3) is 0 Å². The summed E-state index contributed by atoms with van der Waals surface area (Å²) in [6.45, 7) is 9.68. The molecular weight excluding hydrogens is 440 g/mol. The van der Waals surface area contributed by atoms with Gasteiger partial charge in [-0.2, -0.15) is 0 Å². The van der Waals surface area contributed by atoms with Gasteiger partial charge in [0.1, 0.15) is 11.7 Å². The second-order valence-electron chi connectivity index (χ2n) is 9.45. The highest BCUT2D eigenvalue weighted by atomic mass is 16.2. The first-order chi connectivity index (χ1) is 16.7. The summed E-state index contributed by atoms with van der Waals surface area (Å²) < 4.78 is 0. The molecule has 2 aromatic rings. The first-order valence-corrected chi connectivity index (χ1v) is 11.9. The Morgan fingerprint density at radius 3 is 2.63 bits per heavy atom. The topological polar surface area (TPSA) is 81.8 Å². The van der Waals surface area contributed by atoms with Gasteiger partial charge in [0, 0.05) is 30.5 Å². The van der Waals surface area contributed by atoms with E-state index in [1.807, 2.05) is 24.3 Å². The van der Waals surface area contributed by atoms with Crippen LogP contribution in [0.15, 0.2) is 66.5 Å². The van der Waals surface area contributed by atoms with Crippen molar-refractivity contribution in [3.05, 3.63) is 88.8 Å². The molecule has 1 saturated heterocycles. The number of amides is 3. The van der Waals surface area contributed by atoms with E-state index in [0.29, 0.717) is 18.5 Å². The number of rotatable bonds is 8. The molecule has 182 valence electrons. The minimum atomic E-state index is -0.812. The van der Waals surface area contributed by atoms with E-state index in [4.69, 9.17) is 0 Å². The second-order valence-corrected chi connectivity index (χ2v) is 9.45. The Kier molecular flexibility index (Phi) is 7.17. The fourth-order valence-electron chi connectivity index (χ4n) is 4.45. The lowest BCUT2D eigenvalue weighted by atomic mass is 10.0. The molecule has 7 heteroatoms. The summed E-state index contributed by atoms with van der Waals surface area (Å²) in [4.78, 5) is 41.1. The van der Waals surface area contributed by atoms with Crippen molar-refractivity contribution in [2.24, 2.45) is 0 Å². The van der Waals surface area contributed by atoms with Gasteiger partial charge in [0.05, 0.1) is 0 Å². The third-order valence-electron chi connectivity index (χ3n) is 6.60. The van der Waals surface area contributed by atoms with Crippen molar-refractivity contribution in [2.45, 2.75) is 45.7 Å². The molecule has 4 rings (SSSR count). The van der Waals surface area contributed by atoms with Gasteiger partial charge in [-0.25, -0.2) is 0 Å². The van der Waals surface area contributed by atoms with Crippen molar-refractivity contribution >= 4 is 23.4 Å². The van der Waals surface area contributed by atoms with Gasteiger partial charge in [0.2, 0.25) is 5.91 Å². The molecule has 0 saturated carbocycles. The third-order valence-corrected chi connectivity index (χ3v) is 6.60. The highest BCUT2D eigenvalue weighted by Crippen LogP contribution is 2.24. The smallest absolute Gasteiger partial charge is 0.278 e. The van der Waals surface area contributed by atoms with E-state index >= 15 is 0 Å². The summed E-state index contributed by atoms with van der Waals surface area (Å²) in [6.07, 6.45) is 3.15. The number of carbonyl (C=O) groups is 3. The maximum absolute atomic E-state index is 12.9. The van der Waals surface area contributed by atoms with E-state index in [1.54, 1.807) is 0 Å². The Labute approximate surface area is 206 Å². The molecule has 0 spiro atoms. The Bertz CT molecular complexity index is 1220. The van der Waals surface area contributed by atoms with Crippen molar-refractivity contribution in [3.8, 4) is 0 Å². The number of piperidine rings is 1. The van der Waals surface area contributed by atoms with Crippen LogP contribution in [0.5, 0.6) is 0 Å². The normalized spacial score (nSPS) is 18.2. The predicted octanol–water partition coefficient (Wildman–Crippen LogP) is 3.43. The lowest BCUT2D eigenvalue weighted by molar-refractivity contribution is -0.146. The molecule has 2 aliphatic heterocycles. The molecule has 2 heterocycles. The van der Waals surface area contributed by atoms with E-state index in [0.717, 1.165) is 35.7 Å². The maximum atomic E-state index is 12.9. The molecule has 3 amide bonds. The number of nitrogens with zero attached hydrogens (tertiary/aromatic N) is 2. The molecule has 0 aliphatic carbocycles. The standard InChI is InChI=1S/C28H32N4O3/c1-18-8-10-21(14-19(18)2)12-13-31(4)17-22-6-5-7-23(15-22)30-24-16-26(33)32(28(24)35)25-11-9-20(3)29-27(25)34/h5-8,10,14-16,25,30H,3,9,11-13,17H2,1-2,4H3,(H,29,34). The zero-order chi connectivity index (χ0) is 25.1. The number of carbonyl (C=O) groups excluding carboxylic acids is 3. The predicted molar refractivity (Wildman–Crippen MR) is 136 cm³/mol. The van der Waals surface area contributed by atoms with E-state index in [9.17, 15) is 14.4 Å². The van der Waals surface area contributed by atoms with Crippen LogP contribution in [-0.4, -0.2) is 47.2 Å². The number of anilines is 1. The summed E-state index contributed by atoms with van der Waals surface area (Å²) in [5.41, 5.74) is 6.54. The summed E-state index contributed by atoms with van der Waals surface area (Å²) >= 11 is 0. The van der Waals surface area contributed by atoms with Crippen molar-refractivity contribution < 1.29 is 14.4 Å². The van der Waals surface area contributed by atoms with Gasteiger partial charge in [0.25, 0.3) is 11.8 Å². The first kappa shape index (κ1) is 24.4. The molecule has 1 fully saturated rings. The van der Waals surface area contributed by atoms with Gasteiger partial charge < -0.3 is 15.5 Å². The number of aryl methyl sites for hydroxylation is 2. The van der Waals surface area contributed by atoms with Gasteiger partial charge >= 0.3 is 0 Å². The largest absolute Gasteiger partial charge is 0.351 e. The highest BCUT2D eigenvalue weighted by Gasteiger charge is 2.41.